The van der Waals surface area contributed by atoms with Crippen molar-refractivity contribution in [2.45, 2.75) is 44.8 Å². The lowest BCUT2D eigenvalue weighted by Crippen LogP contribution is -2.57. The van der Waals surface area contributed by atoms with Gasteiger partial charge in [0.05, 0.1) is 6.04 Å². The van der Waals surface area contributed by atoms with Gasteiger partial charge < -0.3 is 19.9 Å². The van der Waals surface area contributed by atoms with Crippen LogP contribution in [0.3, 0.4) is 0 Å². The van der Waals surface area contributed by atoms with Crippen LogP contribution in [0.1, 0.15) is 32.6 Å². The van der Waals surface area contributed by atoms with E-state index in [0.717, 1.165) is 32.2 Å². The lowest BCUT2D eigenvalue weighted by molar-refractivity contribution is -0.146. The monoisotopic (exact) mass is 309 g/mol. The highest BCUT2D eigenvalue weighted by molar-refractivity contribution is 5.83. The Morgan fingerprint density at radius 3 is 2.32 bits per heavy atom. The summed E-state index contributed by atoms with van der Waals surface area (Å²) in [6, 6.07) is -0.0378. The van der Waals surface area contributed by atoms with Crippen LogP contribution in [0.25, 0.3) is 0 Å². The van der Waals surface area contributed by atoms with Crippen LogP contribution in [0, 0.1) is 5.92 Å². The third kappa shape index (κ3) is 3.43. The maximum absolute atomic E-state index is 12.6. The van der Waals surface area contributed by atoms with Crippen LogP contribution in [-0.2, 0) is 14.3 Å². The number of carbonyl (C=O) groups excluding carboxylic acids is 2. The molecule has 6 heteroatoms. The van der Waals surface area contributed by atoms with Gasteiger partial charge >= 0.3 is 0 Å². The summed E-state index contributed by atoms with van der Waals surface area (Å²) in [7, 11) is 0. The van der Waals surface area contributed by atoms with E-state index in [1.807, 2.05) is 9.80 Å². The van der Waals surface area contributed by atoms with Gasteiger partial charge in [-0.25, -0.2) is 0 Å². The van der Waals surface area contributed by atoms with Gasteiger partial charge in [-0.1, -0.05) is 6.92 Å². The van der Waals surface area contributed by atoms with Gasteiger partial charge in [-0.2, -0.15) is 0 Å². The van der Waals surface area contributed by atoms with Gasteiger partial charge in [-0.15, -0.1) is 0 Å². The molecule has 3 atom stereocenters. The average molecular weight is 309 g/mol. The highest BCUT2D eigenvalue weighted by Gasteiger charge is 2.33. The molecule has 1 N–H and O–H groups in total. The number of nitrogens with zero attached hydrogens (tertiary/aromatic N) is 2. The lowest BCUT2D eigenvalue weighted by Gasteiger charge is -2.38. The topological polar surface area (TPSA) is 61.9 Å². The molecule has 0 spiro atoms. The van der Waals surface area contributed by atoms with Gasteiger partial charge in [0.2, 0.25) is 5.91 Å². The molecule has 3 aliphatic heterocycles. The molecular formula is C16H27N3O3. The molecule has 3 rings (SSSR count). The van der Waals surface area contributed by atoms with E-state index in [-0.39, 0.29) is 24.0 Å². The molecule has 3 saturated heterocycles. The van der Waals surface area contributed by atoms with E-state index < -0.39 is 0 Å². The molecule has 2 amide bonds. The minimum atomic E-state index is -0.247. The molecule has 6 nitrogen and oxygen atoms in total. The van der Waals surface area contributed by atoms with E-state index in [9.17, 15) is 9.59 Å². The molecule has 0 aromatic heterocycles. The van der Waals surface area contributed by atoms with Gasteiger partial charge in [0, 0.05) is 32.8 Å². The minimum absolute atomic E-state index is 0.0378. The van der Waals surface area contributed by atoms with Crippen molar-refractivity contribution < 1.29 is 14.3 Å². The van der Waals surface area contributed by atoms with Gasteiger partial charge in [0.1, 0.15) is 6.10 Å². The first-order valence-electron chi connectivity index (χ1n) is 8.57. The molecule has 3 fully saturated rings. The lowest BCUT2D eigenvalue weighted by atomic mass is 9.93. The standard InChI is InChI=1S/C16H27N3O3/c1-12-4-5-17-13(11-12)15(20)18-6-8-19(9-7-18)16(21)14-3-2-10-22-14/h12-14,17H,2-11H2,1H3. The van der Waals surface area contributed by atoms with E-state index in [2.05, 4.69) is 12.2 Å². The summed E-state index contributed by atoms with van der Waals surface area (Å²) in [6.45, 7) is 6.38. The van der Waals surface area contributed by atoms with E-state index in [1.165, 1.54) is 0 Å². The average Bonchev–Trinajstić information content (AvgIpc) is 3.08. The second kappa shape index (κ2) is 6.96. The second-order valence-electron chi connectivity index (χ2n) is 6.79. The number of amides is 2. The zero-order chi connectivity index (χ0) is 15.5. The number of carbonyl (C=O) groups is 2. The van der Waals surface area contributed by atoms with Crippen molar-refractivity contribution in [3.8, 4) is 0 Å². The van der Waals surface area contributed by atoms with Crippen LogP contribution in [-0.4, -0.2) is 73.1 Å². The number of piperidine rings is 1. The Morgan fingerprint density at radius 1 is 1.05 bits per heavy atom. The molecule has 124 valence electrons. The van der Waals surface area contributed by atoms with Crippen molar-refractivity contribution in [2.24, 2.45) is 5.92 Å². The van der Waals surface area contributed by atoms with Crippen LogP contribution in [0.5, 0.6) is 0 Å². The van der Waals surface area contributed by atoms with Gasteiger partial charge in [-0.05, 0) is 38.1 Å². The van der Waals surface area contributed by atoms with Crippen molar-refractivity contribution in [3.05, 3.63) is 0 Å². The highest BCUT2D eigenvalue weighted by atomic mass is 16.5. The maximum atomic E-state index is 12.6. The quantitative estimate of drug-likeness (QED) is 0.793. The Kier molecular flexibility index (Phi) is 4.98. The Hall–Kier alpha value is -1.14. The van der Waals surface area contributed by atoms with Crippen molar-refractivity contribution in [2.75, 3.05) is 39.3 Å². The summed E-state index contributed by atoms with van der Waals surface area (Å²) in [5, 5.41) is 3.33. The second-order valence-corrected chi connectivity index (χ2v) is 6.79. The number of rotatable bonds is 2. The smallest absolute Gasteiger partial charge is 0.251 e. The fourth-order valence-corrected chi connectivity index (χ4v) is 3.64. The number of piperazine rings is 1. The predicted molar refractivity (Wildman–Crippen MR) is 82.3 cm³/mol. The van der Waals surface area contributed by atoms with Crippen molar-refractivity contribution >= 4 is 11.8 Å². The van der Waals surface area contributed by atoms with Crippen LogP contribution >= 0.6 is 0 Å². The molecule has 0 aliphatic carbocycles. The Bertz CT molecular complexity index is 415. The maximum Gasteiger partial charge on any atom is 0.251 e. The van der Waals surface area contributed by atoms with Crippen LogP contribution in [0.15, 0.2) is 0 Å². The third-order valence-corrected chi connectivity index (χ3v) is 5.07. The number of ether oxygens (including phenoxy) is 1. The van der Waals surface area contributed by atoms with E-state index in [1.54, 1.807) is 0 Å². The highest BCUT2D eigenvalue weighted by Crippen LogP contribution is 2.19. The number of nitrogens with one attached hydrogen (secondary N) is 1. The Balaban J connectivity index is 1.48. The zero-order valence-electron chi connectivity index (χ0n) is 13.4. The van der Waals surface area contributed by atoms with E-state index in [4.69, 9.17) is 4.74 Å². The minimum Gasteiger partial charge on any atom is -0.368 e. The normalized spacial score (nSPS) is 33.0. The molecule has 22 heavy (non-hydrogen) atoms. The van der Waals surface area contributed by atoms with E-state index in [0.29, 0.717) is 38.7 Å². The molecule has 0 radical (unpaired) electrons. The van der Waals surface area contributed by atoms with Crippen LogP contribution < -0.4 is 5.32 Å². The summed E-state index contributed by atoms with van der Waals surface area (Å²) in [4.78, 5) is 28.6. The summed E-state index contributed by atoms with van der Waals surface area (Å²) < 4.78 is 5.47. The zero-order valence-corrected chi connectivity index (χ0v) is 13.4. The Labute approximate surface area is 132 Å². The summed E-state index contributed by atoms with van der Waals surface area (Å²) in [5.74, 6) is 0.919. The van der Waals surface area contributed by atoms with Gasteiger partial charge in [0.15, 0.2) is 0 Å². The van der Waals surface area contributed by atoms with Gasteiger partial charge in [0.25, 0.3) is 5.91 Å². The van der Waals surface area contributed by atoms with E-state index >= 15 is 0 Å². The first-order chi connectivity index (χ1) is 10.6. The number of hydrogen-bond acceptors (Lipinski definition) is 4. The molecule has 3 aliphatic rings. The molecule has 0 bridgehead atoms. The first-order valence-corrected chi connectivity index (χ1v) is 8.57. The van der Waals surface area contributed by atoms with Gasteiger partial charge in [-0.3, -0.25) is 9.59 Å². The molecular weight excluding hydrogens is 282 g/mol. The molecule has 0 saturated carbocycles. The van der Waals surface area contributed by atoms with Crippen molar-refractivity contribution in [1.29, 1.82) is 0 Å². The summed E-state index contributed by atoms with van der Waals surface area (Å²) >= 11 is 0. The Morgan fingerprint density at radius 2 is 1.73 bits per heavy atom. The molecule has 3 unspecified atom stereocenters. The van der Waals surface area contributed by atoms with Crippen LogP contribution in [0.4, 0.5) is 0 Å². The molecule has 3 heterocycles. The molecule has 0 aromatic carbocycles. The SMILES string of the molecule is CC1CCNC(C(=O)N2CCN(C(=O)C3CCCO3)CC2)C1. The van der Waals surface area contributed by atoms with Crippen LogP contribution in [0.2, 0.25) is 0 Å². The van der Waals surface area contributed by atoms with Crippen molar-refractivity contribution in [3.63, 3.8) is 0 Å². The summed E-state index contributed by atoms with van der Waals surface area (Å²) in [6.07, 6.45) is 3.63. The van der Waals surface area contributed by atoms with Crippen molar-refractivity contribution in [1.82, 2.24) is 15.1 Å². The first kappa shape index (κ1) is 15.7. The fraction of sp³-hybridized carbons (Fsp3) is 0.875. The summed E-state index contributed by atoms with van der Waals surface area (Å²) in [5.41, 5.74) is 0. The predicted octanol–water partition coefficient (Wildman–Crippen LogP) is 0.224. The number of hydrogen-bond donors (Lipinski definition) is 1. The largest absolute Gasteiger partial charge is 0.368 e. The third-order valence-electron chi connectivity index (χ3n) is 5.07. The molecule has 0 aromatic rings. The fourth-order valence-electron chi connectivity index (χ4n) is 3.64.